The van der Waals surface area contributed by atoms with Crippen LogP contribution in [0.25, 0.3) is 0 Å². The SMILES string of the molecule is CCOC(Cc1ccc(OCC(NC=O)c2ccccc2)cc1)C(=O)O. The van der Waals surface area contributed by atoms with E-state index in [1.807, 2.05) is 42.5 Å². The molecule has 0 saturated carbocycles. The third-order valence-electron chi connectivity index (χ3n) is 3.88. The molecule has 0 aromatic heterocycles. The van der Waals surface area contributed by atoms with E-state index in [-0.39, 0.29) is 6.04 Å². The third kappa shape index (κ3) is 5.89. The number of benzene rings is 2. The number of carboxylic acid groups (broad SMARTS) is 1. The molecular weight excluding hydrogens is 334 g/mol. The van der Waals surface area contributed by atoms with Crippen LogP contribution >= 0.6 is 0 Å². The second kappa shape index (κ2) is 10.2. The average Bonchev–Trinajstić information content (AvgIpc) is 2.66. The zero-order chi connectivity index (χ0) is 18.8. The molecule has 6 nitrogen and oxygen atoms in total. The lowest BCUT2D eigenvalue weighted by atomic mass is 10.1. The van der Waals surface area contributed by atoms with E-state index in [0.29, 0.717) is 31.8 Å². The summed E-state index contributed by atoms with van der Waals surface area (Å²) >= 11 is 0. The summed E-state index contributed by atoms with van der Waals surface area (Å²) in [5.74, 6) is -0.330. The normalized spacial score (nSPS) is 12.8. The van der Waals surface area contributed by atoms with E-state index >= 15 is 0 Å². The lowest BCUT2D eigenvalue weighted by Gasteiger charge is -2.18. The molecule has 2 aromatic rings. The number of rotatable bonds is 11. The van der Waals surface area contributed by atoms with Crippen LogP contribution in [0.5, 0.6) is 5.75 Å². The summed E-state index contributed by atoms with van der Waals surface area (Å²) in [6.45, 7) is 2.41. The maximum atomic E-state index is 11.1. The van der Waals surface area contributed by atoms with E-state index in [1.54, 1.807) is 19.1 Å². The van der Waals surface area contributed by atoms with Gasteiger partial charge < -0.3 is 19.9 Å². The summed E-state index contributed by atoms with van der Waals surface area (Å²) in [6, 6.07) is 16.5. The van der Waals surface area contributed by atoms with E-state index in [9.17, 15) is 9.59 Å². The summed E-state index contributed by atoms with van der Waals surface area (Å²) in [5, 5.41) is 11.9. The highest BCUT2D eigenvalue weighted by atomic mass is 16.5. The molecule has 2 unspecified atom stereocenters. The van der Waals surface area contributed by atoms with Crippen LogP contribution < -0.4 is 10.1 Å². The Morgan fingerprint density at radius 2 is 1.85 bits per heavy atom. The van der Waals surface area contributed by atoms with Crippen molar-refractivity contribution in [3.63, 3.8) is 0 Å². The van der Waals surface area contributed by atoms with Crippen molar-refractivity contribution >= 4 is 12.4 Å². The van der Waals surface area contributed by atoms with Gasteiger partial charge in [0.15, 0.2) is 6.10 Å². The second-order valence-electron chi connectivity index (χ2n) is 5.69. The van der Waals surface area contributed by atoms with Crippen LogP contribution in [0.2, 0.25) is 0 Å². The molecule has 2 atom stereocenters. The fourth-order valence-electron chi connectivity index (χ4n) is 2.54. The van der Waals surface area contributed by atoms with E-state index in [2.05, 4.69) is 5.32 Å². The molecular formula is C20H23NO5. The summed E-state index contributed by atoms with van der Waals surface area (Å²) in [6.07, 6.45) is 0.0955. The van der Waals surface area contributed by atoms with Crippen molar-refractivity contribution in [1.82, 2.24) is 5.32 Å². The Bertz CT molecular complexity index is 687. The van der Waals surface area contributed by atoms with Crippen molar-refractivity contribution in [2.45, 2.75) is 25.5 Å². The largest absolute Gasteiger partial charge is 0.491 e. The zero-order valence-electron chi connectivity index (χ0n) is 14.6. The van der Waals surface area contributed by atoms with Gasteiger partial charge >= 0.3 is 5.97 Å². The van der Waals surface area contributed by atoms with Gasteiger partial charge in [-0.3, -0.25) is 4.79 Å². The van der Waals surface area contributed by atoms with Gasteiger partial charge in [-0.25, -0.2) is 4.79 Å². The van der Waals surface area contributed by atoms with Crippen LogP contribution in [0, 0.1) is 0 Å². The van der Waals surface area contributed by atoms with Crippen LogP contribution in [0.15, 0.2) is 54.6 Å². The highest BCUT2D eigenvalue weighted by molar-refractivity contribution is 5.72. The summed E-state index contributed by atoms with van der Waals surface area (Å²) in [7, 11) is 0. The molecule has 0 bridgehead atoms. The molecule has 0 spiro atoms. The van der Waals surface area contributed by atoms with Crippen molar-refractivity contribution in [1.29, 1.82) is 0 Å². The zero-order valence-corrected chi connectivity index (χ0v) is 14.6. The molecule has 0 fully saturated rings. The highest BCUT2D eigenvalue weighted by Gasteiger charge is 2.18. The van der Waals surface area contributed by atoms with Gasteiger partial charge in [0.2, 0.25) is 6.41 Å². The lowest BCUT2D eigenvalue weighted by Crippen LogP contribution is -2.26. The number of hydrogen-bond donors (Lipinski definition) is 2. The fourth-order valence-corrected chi connectivity index (χ4v) is 2.54. The predicted octanol–water partition coefficient (Wildman–Crippen LogP) is 2.58. The van der Waals surface area contributed by atoms with Crippen LogP contribution in [0.1, 0.15) is 24.1 Å². The number of carboxylic acids is 1. The summed E-state index contributed by atoms with van der Waals surface area (Å²) in [5.41, 5.74) is 1.81. The van der Waals surface area contributed by atoms with Gasteiger partial charge in [-0.2, -0.15) is 0 Å². The molecule has 0 aliphatic heterocycles. The van der Waals surface area contributed by atoms with E-state index in [1.165, 1.54) is 0 Å². The molecule has 0 aliphatic carbocycles. The number of aliphatic carboxylic acids is 1. The van der Waals surface area contributed by atoms with Gasteiger partial charge in [0, 0.05) is 13.0 Å². The molecule has 2 N–H and O–H groups in total. The van der Waals surface area contributed by atoms with Crippen molar-refractivity contribution in [2.75, 3.05) is 13.2 Å². The Balaban J connectivity index is 1.95. The molecule has 2 rings (SSSR count). The maximum Gasteiger partial charge on any atom is 0.333 e. The second-order valence-corrected chi connectivity index (χ2v) is 5.69. The first-order valence-electron chi connectivity index (χ1n) is 8.44. The van der Waals surface area contributed by atoms with Gasteiger partial charge in [0.1, 0.15) is 12.4 Å². The first-order valence-corrected chi connectivity index (χ1v) is 8.44. The van der Waals surface area contributed by atoms with E-state index in [0.717, 1.165) is 11.1 Å². The van der Waals surface area contributed by atoms with Gasteiger partial charge in [-0.15, -0.1) is 0 Å². The summed E-state index contributed by atoms with van der Waals surface area (Å²) in [4.78, 5) is 22.0. The standard InChI is InChI=1S/C20H23NO5/c1-2-25-19(20(23)24)12-15-8-10-17(11-9-15)26-13-18(21-14-22)16-6-4-3-5-7-16/h3-11,14,18-19H,2,12-13H2,1H3,(H,21,22)(H,23,24). The Hall–Kier alpha value is -2.86. The topological polar surface area (TPSA) is 84.9 Å². The molecule has 2 aromatic carbocycles. The minimum absolute atomic E-state index is 0.247. The van der Waals surface area contributed by atoms with Crippen molar-refractivity contribution in [3.8, 4) is 5.75 Å². The molecule has 0 radical (unpaired) electrons. The number of hydrogen-bond acceptors (Lipinski definition) is 4. The van der Waals surface area contributed by atoms with Crippen molar-refractivity contribution < 1.29 is 24.2 Å². The van der Waals surface area contributed by atoms with E-state index < -0.39 is 12.1 Å². The molecule has 1 amide bonds. The van der Waals surface area contributed by atoms with Gasteiger partial charge in [-0.05, 0) is 30.2 Å². The Morgan fingerprint density at radius 1 is 1.15 bits per heavy atom. The number of carbonyl (C=O) groups is 2. The Morgan fingerprint density at radius 3 is 2.42 bits per heavy atom. The molecule has 0 aliphatic rings. The number of nitrogens with one attached hydrogen (secondary N) is 1. The minimum atomic E-state index is -0.974. The Labute approximate surface area is 152 Å². The van der Waals surface area contributed by atoms with Crippen LogP contribution in [-0.4, -0.2) is 36.8 Å². The van der Waals surface area contributed by atoms with Gasteiger partial charge in [0.25, 0.3) is 0 Å². The molecule has 0 heterocycles. The third-order valence-corrected chi connectivity index (χ3v) is 3.88. The van der Waals surface area contributed by atoms with Crippen LogP contribution in [0.4, 0.5) is 0 Å². The molecule has 6 heteroatoms. The maximum absolute atomic E-state index is 11.1. The van der Waals surface area contributed by atoms with Crippen molar-refractivity contribution in [3.05, 3.63) is 65.7 Å². The van der Waals surface area contributed by atoms with Gasteiger partial charge in [-0.1, -0.05) is 42.5 Å². The number of carbonyl (C=O) groups excluding carboxylic acids is 1. The Kier molecular flexibility index (Phi) is 7.64. The molecule has 138 valence electrons. The first kappa shape index (κ1) is 19.5. The predicted molar refractivity (Wildman–Crippen MR) is 97.1 cm³/mol. The van der Waals surface area contributed by atoms with Gasteiger partial charge in [0.05, 0.1) is 6.04 Å². The first-order chi connectivity index (χ1) is 12.6. The molecule has 26 heavy (non-hydrogen) atoms. The lowest BCUT2D eigenvalue weighted by molar-refractivity contribution is -0.149. The quantitative estimate of drug-likeness (QED) is 0.604. The monoisotopic (exact) mass is 357 g/mol. The highest BCUT2D eigenvalue weighted by Crippen LogP contribution is 2.18. The summed E-state index contributed by atoms with van der Waals surface area (Å²) < 4.78 is 11.0. The van der Waals surface area contributed by atoms with Crippen molar-refractivity contribution in [2.24, 2.45) is 0 Å². The fraction of sp³-hybridized carbons (Fsp3) is 0.300. The number of ether oxygens (including phenoxy) is 2. The smallest absolute Gasteiger partial charge is 0.333 e. The molecule has 0 saturated heterocycles. The number of amides is 1. The van der Waals surface area contributed by atoms with E-state index in [4.69, 9.17) is 14.6 Å². The van der Waals surface area contributed by atoms with Crippen LogP contribution in [-0.2, 0) is 20.7 Å². The van der Waals surface area contributed by atoms with Crippen LogP contribution in [0.3, 0.4) is 0 Å². The minimum Gasteiger partial charge on any atom is -0.491 e. The average molecular weight is 357 g/mol.